The predicted octanol–water partition coefficient (Wildman–Crippen LogP) is 2.24. The van der Waals surface area contributed by atoms with Gasteiger partial charge >= 0.3 is 6.03 Å². The van der Waals surface area contributed by atoms with Crippen molar-refractivity contribution in [1.29, 1.82) is 0 Å². The van der Waals surface area contributed by atoms with Gasteiger partial charge in [-0.1, -0.05) is 0 Å². The van der Waals surface area contributed by atoms with E-state index in [2.05, 4.69) is 16.0 Å². The second-order valence-electron chi connectivity index (χ2n) is 6.47. The molecule has 1 aromatic carbocycles. The van der Waals surface area contributed by atoms with Crippen molar-refractivity contribution in [2.24, 2.45) is 0 Å². The molecule has 0 radical (unpaired) electrons. The fourth-order valence-electron chi connectivity index (χ4n) is 2.90. The number of urea groups is 1. The molecule has 0 aliphatic carbocycles. The molecule has 0 spiro atoms. The monoisotopic (exact) mass is 422 g/mol. The van der Waals surface area contributed by atoms with Gasteiger partial charge in [0.2, 0.25) is 11.8 Å². The van der Waals surface area contributed by atoms with Gasteiger partial charge < -0.3 is 20.9 Å². The van der Waals surface area contributed by atoms with Gasteiger partial charge in [-0.3, -0.25) is 9.59 Å². The Morgan fingerprint density at radius 3 is 2.72 bits per heavy atom. The van der Waals surface area contributed by atoms with Gasteiger partial charge in [0.25, 0.3) is 0 Å². The van der Waals surface area contributed by atoms with Gasteiger partial charge in [0.05, 0.1) is 6.54 Å². The molecule has 1 aromatic heterocycles. The summed E-state index contributed by atoms with van der Waals surface area (Å²) in [7, 11) is 0. The first-order valence-electron chi connectivity index (χ1n) is 9.02. The van der Waals surface area contributed by atoms with E-state index in [1.54, 1.807) is 16.2 Å². The minimum Gasteiger partial charge on any atom is -0.338 e. The number of carbonyl (C=O) groups excluding carboxylic acids is 3. The van der Waals surface area contributed by atoms with Crippen LogP contribution in [0.4, 0.5) is 19.3 Å². The number of fused-ring (bicyclic) bond motifs is 1. The van der Waals surface area contributed by atoms with Crippen LogP contribution in [0.5, 0.6) is 0 Å². The lowest BCUT2D eigenvalue weighted by Gasteiger charge is -2.27. The van der Waals surface area contributed by atoms with Crippen molar-refractivity contribution in [3.8, 4) is 0 Å². The zero-order chi connectivity index (χ0) is 20.8. The molecule has 0 saturated carbocycles. The van der Waals surface area contributed by atoms with Gasteiger partial charge in [-0.2, -0.15) is 0 Å². The zero-order valence-electron chi connectivity index (χ0n) is 15.5. The van der Waals surface area contributed by atoms with E-state index in [-0.39, 0.29) is 31.1 Å². The fourth-order valence-corrected chi connectivity index (χ4v) is 3.79. The smallest absolute Gasteiger partial charge is 0.315 e. The molecule has 7 nitrogen and oxygen atoms in total. The van der Waals surface area contributed by atoms with Crippen molar-refractivity contribution in [3.05, 3.63) is 51.7 Å². The number of nitrogens with one attached hydrogen (secondary N) is 3. The SMILES string of the molecule is O=C(CNC(=O)NCCC(=O)N1CCc2sccc2C1)Nc1ccc(F)c(F)c1. The molecule has 2 aromatic rings. The Morgan fingerprint density at radius 2 is 1.93 bits per heavy atom. The number of hydrogen-bond donors (Lipinski definition) is 3. The molecule has 1 aliphatic rings. The number of benzene rings is 1. The molecule has 4 amide bonds. The quantitative estimate of drug-likeness (QED) is 0.667. The molecule has 0 fully saturated rings. The molecular formula is C19H20F2N4O3S. The Kier molecular flexibility index (Phi) is 6.76. The second-order valence-corrected chi connectivity index (χ2v) is 7.47. The summed E-state index contributed by atoms with van der Waals surface area (Å²) in [5.41, 5.74) is 1.25. The van der Waals surface area contributed by atoms with Crippen molar-refractivity contribution in [2.75, 3.05) is 25.0 Å². The van der Waals surface area contributed by atoms with E-state index in [1.807, 2.05) is 11.4 Å². The summed E-state index contributed by atoms with van der Waals surface area (Å²) in [6.45, 7) is 1.05. The number of halogens is 2. The van der Waals surface area contributed by atoms with Crippen LogP contribution in [0.15, 0.2) is 29.6 Å². The standard InChI is InChI=1S/C19H20F2N4O3S/c20-14-2-1-13(9-15(14)21)24-17(26)10-23-19(28)22-6-3-18(27)25-7-4-16-12(11-25)5-8-29-16/h1-2,5,8-9H,3-4,6-7,10-11H2,(H,24,26)(H2,22,23,28). The Bertz CT molecular complexity index is 919. The topological polar surface area (TPSA) is 90.5 Å². The highest BCUT2D eigenvalue weighted by Gasteiger charge is 2.21. The molecule has 0 atom stereocenters. The molecule has 1 aliphatic heterocycles. The molecule has 0 saturated heterocycles. The van der Waals surface area contributed by atoms with E-state index in [0.717, 1.165) is 18.6 Å². The first-order chi connectivity index (χ1) is 13.9. The number of nitrogens with zero attached hydrogens (tertiary/aromatic N) is 1. The fraction of sp³-hybridized carbons (Fsp3) is 0.316. The van der Waals surface area contributed by atoms with Crippen LogP contribution in [0, 0.1) is 11.6 Å². The van der Waals surface area contributed by atoms with E-state index in [4.69, 9.17) is 0 Å². The third kappa shape index (κ3) is 5.74. The molecule has 10 heteroatoms. The molecule has 3 rings (SSSR count). The van der Waals surface area contributed by atoms with Crippen molar-refractivity contribution < 1.29 is 23.2 Å². The Morgan fingerprint density at radius 1 is 1.10 bits per heavy atom. The van der Waals surface area contributed by atoms with Crippen LogP contribution < -0.4 is 16.0 Å². The zero-order valence-corrected chi connectivity index (χ0v) is 16.3. The van der Waals surface area contributed by atoms with Gasteiger partial charge in [-0.15, -0.1) is 11.3 Å². The lowest BCUT2D eigenvalue weighted by Crippen LogP contribution is -2.42. The third-order valence-electron chi connectivity index (χ3n) is 4.40. The second kappa shape index (κ2) is 9.46. The Hall–Kier alpha value is -3.01. The average Bonchev–Trinajstić information content (AvgIpc) is 3.17. The van der Waals surface area contributed by atoms with Crippen LogP contribution in [-0.4, -0.2) is 42.4 Å². The average molecular weight is 422 g/mol. The van der Waals surface area contributed by atoms with Crippen LogP contribution in [0.25, 0.3) is 0 Å². The maximum Gasteiger partial charge on any atom is 0.315 e. The highest BCUT2D eigenvalue weighted by Crippen LogP contribution is 2.24. The highest BCUT2D eigenvalue weighted by molar-refractivity contribution is 7.10. The summed E-state index contributed by atoms with van der Waals surface area (Å²) in [5.74, 6) is -2.74. The summed E-state index contributed by atoms with van der Waals surface area (Å²) in [4.78, 5) is 38.8. The van der Waals surface area contributed by atoms with Gasteiger partial charge in [0, 0.05) is 42.7 Å². The van der Waals surface area contributed by atoms with Crippen LogP contribution in [-0.2, 0) is 22.6 Å². The number of anilines is 1. The minimum atomic E-state index is -1.08. The molecule has 3 N–H and O–H groups in total. The Labute approximate surface area is 170 Å². The number of thiophene rings is 1. The largest absolute Gasteiger partial charge is 0.338 e. The van der Waals surface area contributed by atoms with Crippen molar-refractivity contribution in [3.63, 3.8) is 0 Å². The normalized spacial score (nSPS) is 12.8. The van der Waals surface area contributed by atoms with Gasteiger partial charge in [-0.25, -0.2) is 13.6 Å². The van der Waals surface area contributed by atoms with Gasteiger partial charge in [0.15, 0.2) is 11.6 Å². The first-order valence-corrected chi connectivity index (χ1v) is 9.90. The van der Waals surface area contributed by atoms with Gasteiger partial charge in [-0.05, 0) is 35.6 Å². The summed E-state index contributed by atoms with van der Waals surface area (Å²) in [6, 6.07) is 4.37. The lowest BCUT2D eigenvalue weighted by atomic mass is 10.1. The highest BCUT2D eigenvalue weighted by atomic mass is 32.1. The molecule has 2 heterocycles. The number of rotatable bonds is 6. The maximum absolute atomic E-state index is 13.1. The summed E-state index contributed by atoms with van der Waals surface area (Å²) >= 11 is 1.70. The van der Waals surface area contributed by atoms with Gasteiger partial charge in [0.1, 0.15) is 0 Å². The van der Waals surface area contributed by atoms with Crippen molar-refractivity contribution in [2.45, 2.75) is 19.4 Å². The first kappa shape index (κ1) is 20.7. The van der Waals surface area contributed by atoms with E-state index in [9.17, 15) is 23.2 Å². The maximum atomic E-state index is 13.1. The molecule has 0 bridgehead atoms. The van der Waals surface area contributed by atoms with E-state index in [0.29, 0.717) is 13.1 Å². The lowest BCUT2D eigenvalue weighted by molar-refractivity contribution is -0.132. The molecule has 0 unspecified atom stereocenters. The van der Waals surface area contributed by atoms with Crippen LogP contribution in [0.3, 0.4) is 0 Å². The third-order valence-corrected chi connectivity index (χ3v) is 5.42. The van der Waals surface area contributed by atoms with Crippen LogP contribution >= 0.6 is 11.3 Å². The minimum absolute atomic E-state index is 0.0433. The predicted molar refractivity (Wildman–Crippen MR) is 104 cm³/mol. The number of carbonyl (C=O) groups is 3. The summed E-state index contributed by atoms with van der Waals surface area (Å²) in [6.07, 6.45) is 1.01. The van der Waals surface area contributed by atoms with E-state index < -0.39 is 23.6 Å². The Balaban J connectivity index is 1.33. The summed E-state index contributed by atoms with van der Waals surface area (Å²) in [5, 5.41) is 9.22. The molecular weight excluding hydrogens is 402 g/mol. The number of hydrogen-bond acceptors (Lipinski definition) is 4. The van der Waals surface area contributed by atoms with Crippen LogP contribution in [0.2, 0.25) is 0 Å². The van der Waals surface area contributed by atoms with Crippen LogP contribution in [0.1, 0.15) is 16.9 Å². The van der Waals surface area contributed by atoms with E-state index in [1.165, 1.54) is 16.5 Å². The molecule has 154 valence electrons. The number of amides is 4. The van der Waals surface area contributed by atoms with Crippen molar-refractivity contribution in [1.82, 2.24) is 15.5 Å². The van der Waals surface area contributed by atoms with E-state index >= 15 is 0 Å². The molecule has 29 heavy (non-hydrogen) atoms. The summed E-state index contributed by atoms with van der Waals surface area (Å²) < 4.78 is 26.0. The van der Waals surface area contributed by atoms with Crippen molar-refractivity contribution >= 4 is 34.9 Å².